The molecule has 94 valence electrons. The van der Waals surface area contributed by atoms with E-state index in [1.807, 2.05) is 0 Å². The molecule has 0 atom stereocenters. The minimum atomic E-state index is -4.29. The lowest BCUT2D eigenvalue weighted by Crippen LogP contribution is -2.13. The number of ether oxygens (including phenoxy) is 1. The maximum Gasteiger partial charge on any atom is 0.392 e. The molecule has 1 aromatic rings. The summed E-state index contributed by atoms with van der Waals surface area (Å²) in [7, 11) is 0. The highest BCUT2D eigenvalue weighted by Gasteiger charge is 2.26. The minimum absolute atomic E-state index is 0.0543. The number of alkyl halides is 3. The molecule has 0 unspecified atom stereocenters. The summed E-state index contributed by atoms with van der Waals surface area (Å²) in [5.41, 5.74) is -0.0543. The van der Waals surface area contributed by atoms with Crippen molar-refractivity contribution in [3.8, 4) is 5.75 Å². The van der Waals surface area contributed by atoms with Crippen LogP contribution in [0.3, 0.4) is 0 Å². The summed E-state index contributed by atoms with van der Waals surface area (Å²) in [5.74, 6) is -1.09. The van der Waals surface area contributed by atoms with Crippen molar-refractivity contribution >= 4 is 21.9 Å². The molecule has 1 aromatic carbocycles. The molecular formula is C10H8BrF3O3. The molecule has 0 aliphatic heterocycles. The van der Waals surface area contributed by atoms with E-state index in [-0.39, 0.29) is 11.3 Å². The Morgan fingerprint density at radius 3 is 2.53 bits per heavy atom. The Hall–Kier alpha value is -1.24. The largest absolute Gasteiger partial charge is 0.493 e. The van der Waals surface area contributed by atoms with Gasteiger partial charge >= 0.3 is 12.1 Å². The summed E-state index contributed by atoms with van der Waals surface area (Å²) in [4.78, 5) is 10.7. The SMILES string of the molecule is O=C(O)c1cc(Br)cc(OCCC(F)(F)F)c1. The maximum absolute atomic E-state index is 11.9. The third-order valence-corrected chi connectivity index (χ3v) is 2.23. The van der Waals surface area contributed by atoms with Crippen molar-refractivity contribution in [2.24, 2.45) is 0 Å². The molecule has 0 aliphatic carbocycles. The van der Waals surface area contributed by atoms with Crippen LogP contribution in [0.1, 0.15) is 16.8 Å². The van der Waals surface area contributed by atoms with Crippen molar-refractivity contribution in [2.75, 3.05) is 6.61 Å². The normalized spacial score (nSPS) is 11.3. The van der Waals surface area contributed by atoms with Crippen LogP contribution < -0.4 is 4.74 Å². The number of hydrogen-bond acceptors (Lipinski definition) is 2. The van der Waals surface area contributed by atoms with Gasteiger partial charge in [-0.1, -0.05) is 15.9 Å². The van der Waals surface area contributed by atoms with Gasteiger partial charge in [0.25, 0.3) is 0 Å². The first-order chi connectivity index (χ1) is 7.78. The summed E-state index contributed by atoms with van der Waals surface area (Å²) in [5, 5.41) is 8.73. The lowest BCUT2D eigenvalue weighted by Gasteiger charge is -2.09. The topological polar surface area (TPSA) is 46.5 Å². The van der Waals surface area contributed by atoms with Crippen molar-refractivity contribution in [2.45, 2.75) is 12.6 Å². The summed E-state index contributed by atoms with van der Waals surface area (Å²) < 4.78 is 40.9. The molecule has 17 heavy (non-hydrogen) atoms. The van der Waals surface area contributed by atoms with E-state index in [0.29, 0.717) is 4.47 Å². The lowest BCUT2D eigenvalue weighted by atomic mass is 10.2. The molecule has 0 bridgehead atoms. The van der Waals surface area contributed by atoms with E-state index in [9.17, 15) is 18.0 Å². The van der Waals surface area contributed by atoms with Gasteiger partial charge in [0, 0.05) is 4.47 Å². The first kappa shape index (κ1) is 13.8. The second-order valence-electron chi connectivity index (χ2n) is 3.19. The van der Waals surface area contributed by atoms with Gasteiger partial charge in [0.1, 0.15) is 5.75 Å². The second kappa shape index (κ2) is 5.39. The van der Waals surface area contributed by atoms with Gasteiger partial charge in [-0.2, -0.15) is 13.2 Å². The Labute approximate surface area is 103 Å². The van der Waals surface area contributed by atoms with Gasteiger partial charge in [0.05, 0.1) is 18.6 Å². The molecule has 0 amide bonds. The van der Waals surface area contributed by atoms with Gasteiger partial charge in [-0.15, -0.1) is 0 Å². The van der Waals surface area contributed by atoms with Gasteiger partial charge in [-0.05, 0) is 18.2 Å². The number of carboxylic acids is 1. The highest BCUT2D eigenvalue weighted by Crippen LogP contribution is 2.24. The van der Waals surface area contributed by atoms with Crippen molar-refractivity contribution in [3.63, 3.8) is 0 Å². The zero-order chi connectivity index (χ0) is 13.1. The highest BCUT2D eigenvalue weighted by molar-refractivity contribution is 9.10. The lowest BCUT2D eigenvalue weighted by molar-refractivity contribution is -0.139. The van der Waals surface area contributed by atoms with Gasteiger partial charge in [0.15, 0.2) is 0 Å². The molecule has 1 N–H and O–H groups in total. The predicted molar refractivity (Wildman–Crippen MR) is 57.3 cm³/mol. The van der Waals surface area contributed by atoms with Crippen LogP contribution in [0.15, 0.2) is 22.7 Å². The predicted octanol–water partition coefficient (Wildman–Crippen LogP) is 3.48. The van der Waals surface area contributed by atoms with Crippen LogP contribution in [0.2, 0.25) is 0 Å². The quantitative estimate of drug-likeness (QED) is 0.926. The zero-order valence-corrected chi connectivity index (χ0v) is 10.0. The Morgan fingerprint density at radius 1 is 1.35 bits per heavy atom. The van der Waals surface area contributed by atoms with Crippen LogP contribution in [-0.4, -0.2) is 23.9 Å². The molecule has 7 heteroatoms. The minimum Gasteiger partial charge on any atom is -0.493 e. The molecule has 0 saturated heterocycles. The average Bonchev–Trinajstić information content (AvgIpc) is 2.14. The van der Waals surface area contributed by atoms with E-state index < -0.39 is 25.2 Å². The highest BCUT2D eigenvalue weighted by atomic mass is 79.9. The number of hydrogen-bond donors (Lipinski definition) is 1. The van der Waals surface area contributed by atoms with Crippen molar-refractivity contribution in [3.05, 3.63) is 28.2 Å². The third kappa shape index (κ3) is 5.08. The first-order valence-electron chi connectivity index (χ1n) is 4.51. The zero-order valence-electron chi connectivity index (χ0n) is 8.42. The number of benzene rings is 1. The van der Waals surface area contributed by atoms with E-state index in [0.717, 1.165) is 0 Å². The number of aromatic carboxylic acids is 1. The monoisotopic (exact) mass is 312 g/mol. The van der Waals surface area contributed by atoms with E-state index in [2.05, 4.69) is 15.9 Å². The Kier molecular flexibility index (Phi) is 4.39. The number of halogens is 4. The van der Waals surface area contributed by atoms with Crippen LogP contribution in [0.5, 0.6) is 5.75 Å². The molecular weight excluding hydrogens is 305 g/mol. The number of rotatable bonds is 4. The van der Waals surface area contributed by atoms with Crippen LogP contribution in [0, 0.1) is 0 Å². The average molecular weight is 313 g/mol. The van der Waals surface area contributed by atoms with E-state index in [1.165, 1.54) is 18.2 Å². The van der Waals surface area contributed by atoms with E-state index >= 15 is 0 Å². The first-order valence-corrected chi connectivity index (χ1v) is 5.31. The second-order valence-corrected chi connectivity index (χ2v) is 4.11. The summed E-state index contributed by atoms with van der Waals surface area (Å²) in [6.07, 6.45) is -5.37. The standard InChI is InChI=1S/C10H8BrF3O3/c11-7-3-6(9(15)16)4-8(5-7)17-2-1-10(12,13)14/h3-5H,1-2H2,(H,15,16). The van der Waals surface area contributed by atoms with Crippen LogP contribution in [0.25, 0.3) is 0 Å². The summed E-state index contributed by atoms with van der Waals surface area (Å²) in [6.45, 7) is -0.543. The van der Waals surface area contributed by atoms with Crippen molar-refractivity contribution in [1.82, 2.24) is 0 Å². The van der Waals surface area contributed by atoms with Crippen LogP contribution in [0.4, 0.5) is 13.2 Å². The maximum atomic E-state index is 11.9. The molecule has 0 radical (unpaired) electrons. The van der Waals surface area contributed by atoms with Crippen molar-refractivity contribution < 1.29 is 27.8 Å². The fraction of sp³-hybridized carbons (Fsp3) is 0.300. The fourth-order valence-corrected chi connectivity index (χ4v) is 1.53. The molecule has 0 aliphatic rings. The molecule has 0 saturated carbocycles. The smallest absolute Gasteiger partial charge is 0.392 e. The van der Waals surface area contributed by atoms with Gasteiger partial charge in [-0.3, -0.25) is 0 Å². The summed E-state index contributed by atoms with van der Waals surface area (Å²) >= 11 is 3.05. The van der Waals surface area contributed by atoms with E-state index in [4.69, 9.17) is 9.84 Å². The third-order valence-electron chi connectivity index (χ3n) is 1.77. The van der Waals surface area contributed by atoms with Gasteiger partial charge in [-0.25, -0.2) is 4.79 Å². The van der Waals surface area contributed by atoms with Crippen molar-refractivity contribution in [1.29, 1.82) is 0 Å². The number of carbonyl (C=O) groups is 1. The van der Waals surface area contributed by atoms with Crippen LogP contribution >= 0.6 is 15.9 Å². The molecule has 0 fully saturated rings. The van der Waals surface area contributed by atoms with E-state index in [1.54, 1.807) is 0 Å². The van der Waals surface area contributed by atoms with Crippen LogP contribution in [-0.2, 0) is 0 Å². The van der Waals surface area contributed by atoms with Gasteiger partial charge in [0.2, 0.25) is 0 Å². The Morgan fingerprint density at radius 2 is 2.00 bits per heavy atom. The molecule has 0 aromatic heterocycles. The fourth-order valence-electron chi connectivity index (χ4n) is 1.05. The Balaban J connectivity index is 2.68. The molecule has 3 nitrogen and oxygen atoms in total. The van der Waals surface area contributed by atoms with Gasteiger partial charge < -0.3 is 9.84 Å². The number of carboxylic acid groups (broad SMARTS) is 1. The molecule has 0 spiro atoms. The summed E-state index contributed by atoms with van der Waals surface area (Å²) in [6, 6.07) is 3.91. The molecule has 1 rings (SSSR count). The molecule has 0 heterocycles. The Bertz CT molecular complexity index is 418.